The standard InChI is InChI=1S/C19H29FN4OS/c1-3-22-18(24-13-19(2)9-4-10-26-19)23-12-15(17(21)25)11-14-5-7-16(20)8-6-14/h5-8,15H,3-4,9-13H2,1-2H3,(H2,21,25)(H2,22,23,24). The van der Waals surface area contributed by atoms with Crippen molar-refractivity contribution in [2.45, 2.75) is 37.9 Å². The maximum atomic E-state index is 13.0. The van der Waals surface area contributed by atoms with Gasteiger partial charge in [-0.3, -0.25) is 9.79 Å². The second-order valence-electron chi connectivity index (χ2n) is 6.91. The smallest absolute Gasteiger partial charge is 0.222 e. The molecule has 4 N–H and O–H groups in total. The summed E-state index contributed by atoms with van der Waals surface area (Å²) in [7, 11) is 0. The first-order valence-electron chi connectivity index (χ1n) is 9.12. The van der Waals surface area contributed by atoms with E-state index in [1.807, 2.05) is 18.7 Å². The number of amides is 1. The zero-order valence-corrected chi connectivity index (χ0v) is 16.4. The van der Waals surface area contributed by atoms with Crippen LogP contribution in [0.15, 0.2) is 29.3 Å². The van der Waals surface area contributed by atoms with Crippen LogP contribution in [0.3, 0.4) is 0 Å². The van der Waals surface area contributed by atoms with Crippen molar-refractivity contribution in [3.8, 4) is 0 Å². The van der Waals surface area contributed by atoms with E-state index < -0.39 is 0 Å². The predicted molar refractivity (Wildman–Crippen MR) is 107 cm³/mol. The highest BCUT2D eigenvalue weighted by Crippen LogP contribution is 2.37. The van der Waals surface area contributed by atoms with Crippen molar-refractivity contribution in [1.82, 2.24) is 10.6 Å². The minimum absolute atomic E-state index is 0.194. The van der Waals surface area contributed by atoms with Crippen LogP contribution in [0.5, 0.6) is 0 Å². The number of hydrogen-bond acceptors (Lipinski definition) is 3. The van der Waals surface area contributed by atoms with Gasteiger partial charge in [0.05, 0.1) is 12.5 Å². The third kappa shape index (κ3) is 6.52. The maximum absolute atomic E-state index is 13.0. The van der Waals surface area contributed by atoms with Gasteiger partial charge >= 0.3 is 0 Å². The van der Waals surface area contributed by atoms with Crippen LogP contribution in [-0.4, -0.2) is 42.0 Å². The molecule has 1 aromatic rings. The van der Waals surface area contributed by atoms with Crippen molar-refractivity contribution >= 4 is 23.6 Å². The largest absolute Gasteiger partial charge is 0.369 e. The second kappa shape index (κ2) is 9.80. The number of aliphatic imine (C=N–C) groups is 1. The molecule has 144 valence electrons. The predicted octanol–water partition coefficient (Wildman–Crippen LogP) is 2.31. The van der Waals surface area contributed by atoms with E-state index in [1.54, 1.807) is 12.1 Å². The number of guanidine groups is 1. The number of nitrogens with two attached hydrogens (primary N) is 1. The summed E-state index contributed by atoms with van der Waals surface area (Å²) in [5.41, 5.74) is 6.44. The first-order chi connectivity index (χ1) is 12.4. The Hall–Kier alpha value is -1.76. The number of carbonyl (C=O) groups is 1. The number of nitrogens with zero attached hydrogens (tertiary/aromatic N) is 1. The molecule has 0 radical (unpaired) electrons. The molecule has 2 atom stereocenters. The molecule has 0 aliphatic carbocycles. The summed E-state index contributed by atoms with van der Waals surface area (Å²) in [6.07, 6.45) is 2.88. The number of thioether (sulfide) groups is 1. The molecule has 1 aliphatic rings. The number of nitrogens with one attached hydrogen (secondary N) is 2. The first-order valence-corrected chi connectivity index (χ1v) is 10.1. The lowest BCUT2D eigenvalue weighted by Crippen LogP contribution is -2.43. The van der Waals surface area contributed by atoms with E-state index in [1.165, 1.54) is 30.7 Å². The van der Waals surface area contributed by atoms with E-state index >= 15 is 0 Å². The van der Waals surface area contributed by atoms with Crippen LogP contribution < -0.4 is 16.4 Å². The fraction of sp³-hybridized carbons (Fsp3) is 0.579. The van der Waals surface area contributed by atoms with Crippen molar-refractivity contribution in [1.29, 1.82) is 0 Å². The van der Waals surface area contributed by atoms with Gasteiger partial charge in [0.2, 0.25) is 5.91 Å². The van der Waals surface area contributed by atoms with Gasteiger partial charge in [0.25, 0.3) is 0 Å². The molecule has 1 fully saturated rings. The van der Waals surface area contributed by atoms with Crippen LogP contribution in [0.4, 0.5) is 4.39 Å². The van der Waals surface area contributed by atoms with Crippen molar-refractivity contribution in [3.05, 3.63) is 35.6 Å². The van der Waals surface area contributed by atoms with Gasteiger partial charge < -0.3 is 16.4 Å². The van der Waals surface area contributed by atoms with Crippen LogP contribution in [0.2, 0.25) is 0 Å². The van der Waals surface area contributed by atoms with Gasteiger partial charge in [-0.05, 0) is 56.6 Å². The molecular weight excluding hydrogens is 351 g/mol. The van der Waals surface area contributed by atoms with Gasteiger partial charge in [-0.15, -0.1) is 0 Å². The van der Waals surface area contributed by atoms with Gasteiger partial charge in [0.1, 0.15) is 5.82 Å². The molecular formula is C19H29FN4OS. The zero-order valence-electron chi connectivity index (χ0n) is 15.6. The monoisotopic (exact) mass is 380 g/mol. The summed E-state index contributed by atoms with van der Waals surface area (Å²) in [6.45, 7) is 6.13. The Kier molecular flexibility index (Phi) is 7.75. The number of halogens is 1. The van der Waals surface area contributed by atoms with E-state index in [9.17, 15) is 9.18 Å². The SMILES string of the molecule is CCNC(=NCC1(C)CCCS1)NCC(Cc1ccc(F)cc1)C(N)=O. The molecule has 2 rings (SSSR count). The van der Waals surface area contributed by atoms with Crippen LogP contribution in [-0.2, 0) is 11.2 Å². The van der Waals surface area contributed by atoms with Gasteiger partial charge in [-0.2, -0.15) is 11.8 Å². The van der Waals surface area contributed by atoms with Gasteiger partial charge in [-0.1, -0.05) is 12.1 Å². The molecule has 1 heterocycles. The average molecular weight is 381 g/mol. The third-order valence-electron chi connectivity index (χ3n) is 4.53. The van der Waals surface area contributed by atoms with Crippen molar-refractivity contribution < 1.29 is 9.18 Å². The molecule has 2 unspecified atom stereocenters. The van der Waals surface area contributed by atoms with Crippen molar-refractivity contribution in [2.75, 3.05) is 25.4 Å². The fourth-order valence-electron chi connectivity index (χ4n) is 2.95. The lowest BCUT2D eigenvalue weighted by molar-refractivity contribution is -0.121. The highest BCUT2D eigenvalue weighted by molar-refractivity contribution is 8.00. The molecule has 1 aliphatic heterocycles. The summed E-state index contributed by atoms with van der Waals surface area (Å²) in [4.78, 5) is 16.5. The molecule has 0 spiro atoms. The first kappa shape index (κ1) is 20.6. The Balaban J connectivity index is 1.94. The number of rotatable bonds is 8. The molecule has 1 saturated heterocycles. The van der Waals surface area contributed by atoms with E-state index in [4.69, 9.17) is 5.73 Å². The number of carbonyl (C=O) groups excluding carboxylic acids is 1. The van der Waals surface area contributed by atoms with E-state index in [0.29, 0.717) is 18.9 Å². The Morgan fingerprint density at radius 3 is 2.69 bits per heavy atom. The topological polar surface area (TPSA) is 79.5 Å². The van der Waals surface area contributed by atoms with Crippen LogP contribution in [0.1, 0.15) is 32.3 Å². The quantitative estimate of drug-likeness (QED) is 0.478. The van der Waals surface area contributed by atoms with Crippen LogP contribution in [0.25, 0.3) is 0 Å². The third-order valence-corrected chi connectivity index (χ3v) is 6.05. The molecule has 0 aromatic heterocycles. The van der Waals surface area contributed by atoms with Crippen LogP contribution in [0, 0.1) is 11.7 Å². The lowest BCUT2D eigenvalue weighted by atomic mass is 9.98. The zero-order chi connectivity index (χ0) is 19.0. The van der Waals surface area contributed by atoms with E-state index in [0.717, 1.165) is 18.7 Å². The summed E-state index contributed by atoms with van der Waals surface area (Å²) in [5.74, 6) is 0.836. The fourth-order valence-corrected chi connectivity index (χ4v) is 4.17. The Morgan fingerprint density at radius 2 is 2.12 bits per heavy atom. The normalized spacial score (nSPS) is 21.4. The van der Waals surface area contributed by atoms with Crippen LogP contribution >= 0.6 is 11.8 Å². The Morgan fingerprint density at radius 1 is 1.38 bits per heavy atom. The average Bonchev–Trinajstić information content (AvgIpc) is 3.04. The molecule has 7 heteroatoms. The van der Waals surface area contributed by atoms with Crippen molar-refractivity contribution in [2.24, 2.45) is 16.6 Å². The summed E-state index contributed by atoms with van der Waals surface area (Å²) < 4.78 is 13.2. The summed E-state index contributed by atoms with van der Waals surface area (Å²) in [6, 6.07) is 6.16. The maximum Gasteiger partial charge on any atom is 0.222 e. The van der Waals surface area contributed by atoms with Crippen molar-refractivity contribution in [3.63, 3.8) is 0 Å². The highest BCUT2D eigenvalue weighted by Gasteiger charge is 2.29. The number of benzene rings is 1. The molecule has 1 aromatic carbocycles. The number of primary amides is 1. The van der Waals surface area contributed by atoms with Gasteiger partial charge in [0, 0.05) is 17.8 Å². The molecule has 0 bridgehead atoms. The lowest BCUT2D eigenvalue weighted by Gasteiger charge is -2.22. The second-order valence-corrected chi connectivity index (χ2v) is 8.59. The summed E-state index contributed by atoms with van der Waals surface area (Å²) in [5, 5.41) is 6.45. The minimum atomic E-state index is -0.388. The van der Waals surface area contributed by atoms with Gasteiger partial charge in [0.15, 0.2) is 5.96 Å². The van der Waals surface area contributed by atoms with E-state index in [2.05, 4.69) is 22.5 Å². The number of hydrogen-bond donors (Lipinski definition) is 3. The molecule has 26 heavy (non-hydrogen) atoms. The molecule has 1 amide bonds. The molecule has 5 nitrogen and oxygen atoms in total. The minimum Gasteiger partial charge on any atom is -0.369 e. The van der Waals surface area contributed by atoms with Gasteiger partial charge in [-0.25, -0.2) is 4.39 Å². The van der Waals surface area contributed by atoms with E-state index in [-0.39, 0.29) is 22.4 Å². The highest BCUT2D eigenvalue weighted by atomic mass is 32.2. The molecule has 0 saturated carbocycles. The summed E-state index contributed by atoms with van der Waals surface area (Å²) >= 11 is 1.97. The Bertz CT molecular complexity index is 614. The Labute approximate surface area is 159 Å².